The van der Waals surface area contributed by atoms with Crippen LogP contribution in [-0.4, -0.2) is 0 Å². The summed E-state index contributed by atoms with van der Waals surface area (Å²) in [6.45, 7) is 16.4. The van der Waals surface area contributed by atoms with Crippen LogP contribution in [0.5, 0.6) is 0 Å². The standard InChI is InChI=1S/C24H34N/c1-16(2)18-9-12-25(8)22(14-18)19-15-21-20(13-17(19)3)23(4,5)10-11-24(21,6)7/h9,12-16H,10-11H2,1-8H3/q+1. The molecule has 1 aliphatic rings. The van der Waals surface area contributed by atoms with Crippen LogP contribution in [0.15, 0.2) is 30.5 Å². The Morgan fingerprint density at radius 1 is 0.920 bits per heavy atom. The Balaban J connectivity index is 2.25. The number of nitrogens with zero attached hydrogens (tertiary/aromatic N) is 1. The van der Waals surface area contributed by atoms with Crippen LogP contribution >= 0.6 is 0 Å². The van der Waals surface area contributed by atoms with Crippen LogP contribution in [0.25, 0.3) is 11.3 Å². The van der Waals surface area contributed by atoms with E-state index in [0.29, 0.717) is 5.92 Å². The minimum atomic E-state index is 0.252. The summed E-state index contributed by atoms with van der Waals surface area (Å²) < 4.78 is 2.27. The molecule has 0 bridgehead atoms. The fraction of sp³-hybridized carbons (Fsp3) is 0.542. The Hall–Kier alpha value is -1.63. The molecule has 1 aromatic carbocycles. The number of benzene rings is 1. The minimum absolute atomic E-state index is 0.252. The van der Waals surface area contributed by atoms with Gasteiger partial charge in [0.05, 0.1) is 0 Å². The molecule has 2 aromatic rings. The Kier molecular flexibility index (Phi) is 4.34. The van der Waals surface area contributed by atoms with Gasteiger partial charge in [0.1, 0.15) is 7.05 Å². The number of hydrogen-bond donors (Lipinski definition) is 0. The molecule has 0 unspecified atom stereocenters. The predicted molar refractivity (Wildman–Crippen MR) is 107 cm³/mol. The van der Waals surface area contributed by atoms with E-state index in [1.54, 1.807) is 11.1 Å². The highest BCUT2D eigenvalue weighted by atomic mass is 14.9. The number of aromatic nitrogens is 1. The largest absolute Gasteiger partial charge is 0.212 e. The summed E-state index contributed by atoms with van der Waals surface area (Å²) in [5, 5.41) is 0. The Labute approximate surface area is 154 Å². The van der Waals surface area contributed by atoms with Gasteiger partial charge >= 0.3 is 0 Å². The monoisotopic (exact) mass is 336 g/mol. The van der Waals surface area contributed by atoms with Crippen LogP contribution in [-0.2, 0) is 17.9 Å². The zero-order chi connectivity index (χ0) is 18.6. The zero-order valence-electron chi connectivity index (χ0n) is 17.3. The summed E-state index contributed by atoms with van der Waals surface area (Å²) in [6, 6.07) is 9.58. The first-order valence-electron chi connectivity index (χ1n) is 9.68. The Bertz CT molecular complexity index is 809. The second kappa shape index (κ2) is 5.97. The number of rotatable bonds is 2. The topological polar surface area (TPSA) is 3.88 Å². The van der Waals surface area contributed by atoms with E-state index in [1.807, 2.05) is 0 Å². The Morgan fingerprint density at radius 2 is 1.48 bits per heavy atom. The van der Waals surface area contributed by atoms with Crippen LogP contribution in [0.2, 0.25) is 0 Å². The van der Waals surface area contributed by atoms with Crippen molar-refractivity contribution in [1.29, 1.82) is 0 Å². The highest BCUT2D eigenvalue weighted by Crippen LogP contribution is 2.47. The second-order valence-corrected chi connectivity index (χ2v) is 9.59. The maximum atomic E-state index is 2.49. The highest BCUT2D eigenvalue weighted by molar-refractivity contribution is 5.66. The van der Waals surface area contributed by atoms with E-state index in [2.05, 4.69) is 90.5 Å². The Morgan fingerprint density at radius 3 is 2.04 bits per heavy atom. The van der Waals surface area contributed by atoms with Gasteiger partial charge < -0.3 is 0 Å². The van der Waals surface area contributed by atoms with Crippen molar-refractivity contribution in [1.82, 2.24) is 0 Å². The average Bonchev–Trinajstić information content (AvgIpc) is 2.52. The van der Waals surface area contributed by atoms with Crippen LogP contribution in [0.3, 0.4) is 0 Å². The first-order valence-corrected chi connectivity index (χ1v) is 9.68. The summed E-state index contributed by atoms with van der Waals surface area (Å²) in [5.41, 5.74) is 9.12. The first-order chi connectivity index (χ1) is 11.5. The van der Waals surface area contributed by atoms with Crippen molar-refractivity contribution in [3.8, 4) is 11.3 Å². The molecule has 3 rings (SSSR count). The van der Waals surface area contributed by atoms with Crippen molar-refractivity contribution in [2.45, 2.75) is 78.1 Å². The van der Waals surface area contributed by atoms with Gasteiger partial charge in [-0.1, -0.05) is 47.6 Å². The highest BCUT2D eigenvalue weighted by Gasteiger charge is 2.38. The SMILES string of the molecule is Cc1cc2c(cc1-c1cc(C(C)C)cc[n+]1C)C(C)(C)CCC2(C)C. The fourth-order valence-electron chi connectivity index (χ4n) is 4.21. The van der Waals surface area contributed by atoms with E-state index < -0.39 is 0 Å². The van der Waals surface area contributed by atoms with Crippen LogP contribution in [0.4, 0.5) is 0 Å². The molecule has 0 radical (unpaired) electrons. The second-order valence-electron chi connectivity index (χ2n) is 9.59. The lowest BCUT2D eigenvalue weighted by Gasteiger charge is -2.42. The van der Waals surface area contributed by atoms with E-state index in [0.717, 1.165) is 0 Å². The van der Waals surface area contributed by atoms with Gasteiger partial charge in [-0.3, -0.25) is 0 Å². The van der Waals surface area contributed by atoms with Crippen molar-refractivity contribution >= 4 is 0 Å². The molecule has 25 heavy (non-hydrogen) atoms. The van der Waals surface area contributed by atoms with Crippen molar-refractivity contribution < 1.29 is 4.57 Å². The number of aryl methyl sites for hydroxylation is 2. The maximum Gasteiger partial charge on any atom is 0.212 e. The van der Waals surface area contributed by atoms with Gasteiger partial charge in [0.2, 0.25) is 5.69 Å². The van der Waals surface area contributed by atoms with Crippen LogP contribution < -0.4 is 4.57 Å². The number of hydrogen-bond acceptors (Lipinski definition) is 0. The minimum Gasteiger partial charge on any atom is -0.201 e. The van der Waals surface area contributed by atoms with E-state index in [-0.39, 0.29) is 10.8 Å². The summed E-state index contributed by atoms with van der Waals surface area (Å²) in [4.78, 5) is 0. The molecule has 0 atom stereocenters. The van der Waals surface area contributed by atoms with Gasteiger partial charge in [0.15, 0.2) is 6.20 Å². The molecule has 1 heterocycles. The van der Waals surface area contributed by atoms with E-state index in [1.165, 1.54) is 35.2 Å². The maximum absolute atomic E-state index is 2.49. The fourth-order valence-corrected chi connectivity index (χ4v) is 4.21. The van der Waals surface area contributed by atoms with Gasteiger partial charge in [-0.2, -0.15) is 0 Å². The van der Waals surface area contributed by atoms with E-state index in [9.17, 15) is 0 Å². The van der Waals surface area contributed by atoms with Gasteiger partial charge in [0, 0.05) is 17.7 Å². The summed E-state index contributed by atoms with van der Waals surface area (Å²) in [7, 11) is 2.16. The van der Waals surface area contributed by atoms with Gasteiger partial charge in [0.25, 0.3) is 0 Å². The molecule has 0 fully saturated rings. The lowest BCUT2D eigenvalue weighted by Crippen LogP contribution is -2.35. The number of pyridine rings is 1. The molecular weight excluding hydrogens is 302 g/mol. The third-order valence-electron chi connectivity index (χ3n) is 6.31. The smallest absolute Gasteiger partial charge is 0.201 e. The molecule has 0 aliphatic heterocycles. The average molecular weight is 337 g/mol. The van der Waals surface area contributed by atoms with Gasteiger partial charge in [-0.05, 0) is 64.8 Å². The first kappa shape index (κ1) is 18.2. The molecule has 0 saturated carbocycles. The molecule has 0 amide bonds. The lowest BCUT2D eigenvalue weighted by molar-refractivity contribution is -0.660. The van der Waals surface area contributed by atoms with E-state index >= 15 is 0 Å². The molecule has 1 aromatic heterocycles. The van der Waals surface area contributed by atoms with Crippen molar-refractivity contribution in [2.75, 3.05) is 0 Å². The third kappa shape index (κ3) is 3.14. The van der Waals surface area contributed by atoms with Crippen molar-refractivity contribution in [3.05, 3.63) is 52.7 Å². The molecular formula is C24H34N+. The lowest BCUT2D eigenvalue weighted by atomic mass is 9.62. The molecule has 1 aliphatic carbocycles. The summed E-state index contributed by atoms with van der Waals surface area (Å²) >= 11 is 0. The molecule has 1 heteroatoms. The van der Waals surface area contributed by atoms with Gasteiger partial charge in [-0.25, -0.2) is 4.57 Å². The third-order valence-corrected chi connectivity index (χ3v) is 6.31. The molecule has 134 valence electrons. The van der Waals surface area contributed by atoms with E-state index in [4.69, 9.17) is 0 Å². The zero-order valence-corrected chi connectivity index (χ0v) is 17.3. The molecule has 1 nitrogen and oxygen atoms in total. The molecule has 0 saturated heterocycles. The summed E-state index contributed by atoms with van der Waals surface area (Å²) in [6.07, 6.45) is 4.73. The molecule has 0 spiro atoms. The molecule has 0 N–H and O–H groups in total. The normalized spacial score (nSPS) is 18.3. The predicted octanol–water partition coefficient (Wildman–Crippen LogP) is 5.96. The summed E-state index contributed by atoms with van der Waals surface area (Å²) in [5.74, 6) is 0.549. The van der Waals surface area contributed by atoms with Crippen molar-refractivity contribution in [2.24, 2.45) is 7.05 Å². The number of fused-ring (bicyclic) bond motifs is 1. The van der Waals surface area contributed by atoms with Crippen LogP contribution in [0.1, 0.15) is 82.6 Å². The quantitative estimate of drug-likeness (QED) is 0.596. The van der Waals surface area contributed by atoms with Crippen LogP contribution in [0, 0.1) is 6.92 Å². The van der Waals surface area contributed by atoms with Gasteiger partial charge in [-0.15, -0.1) is 0 Å². The van der Waals surface area contributed by atoms with Crippen molar-refractivity contribution in [3.63, 3.8) is 0 Å².